The number of halogens is 1. The Labute approximate surface area is 136 Å². The van der Waals surface area contributed by atoms with Gasteiger partial charge in [0.1, 0.15) is 5.75 Å². The molecule has 0 atom stereocenters. The first-order valence-electron chi connectivity index (χ1n) is 7.30. The van der Waals surface area contributed by atoms with Gasteiger partial charge in [-0.1, -0.05) is 43.6 Å². The van der Waals surface area contributed by atoms with Crippen molar-refractivity contribution >= 4 is 23.2 Å². The second-order valence-corrected chi connectivity index (χ2v) is 6.02. The SMILES string of the molecule is CC(C)COc1cccc(NC(=O)Cc2ccc(Cl)cc2)c1. The van der Waals surface area contributed by atoms with Crippen molar-refractivity contribution in [1.29, 1.82) is 0 Å². The lowest BCUT2D eigenvalue weighted by molar-refractivity contribution is -0.115. The molecule has 2 aromatic rings. The molecule has 0 aliphatic carbocycles. The number of benzene rings is 2. The lowest BCUT2D eigenvalue weighted by Gasteiger charge is -2.11. The summed E-state index contributed by atoms with van der Waals surface area (Å²) in [5, 5.41) is 3.55. The Bertz CT molecular complexity index is 623. The second kappa shape index (κ2) is 7.85. The average molecular weight is 318 g/mol. The second-order valence-electron chi connectivity index (χ2n) is 5.58. The largest absolute Gasteiger partial charge is 0.493 e. The van der Waals surface area contributed by atoms with E-state index in [0.717, 1.165) is 17.0 Å². The standard InChI is InChI=1S/C18H20ClNO2/c1-13(2)12-22-17-5-3-4-16(11-17)20-18(21)10-14-6-8-15(19)9-7-14/h3-9,11,13H,10,12H2,1-2H3,(H,20,21). The van der Waals surface area contributed by atoms with E-state index in [0.29, 0.717) is 24.0 Å². The number of ether oxygens (including phenoxy) is 1. The minimum absolute atomic E-state index is 0.0664. The maximum Gasteiger partial charge on any atom is 0.228 e. The highest BCUT2D eigenvalue weighted by molar-refractivity contribution is 6.30. The van der Waals surface area contributed by atoms with Gasteiger partial charge in [0.15, 0.2) is 0 Å². The average Bonchev–Trinajstić information content (AvgIpc) is 2.48. The Morgan fingerprint density at radius 2 is 1.91 bits per heavy atom. The quantitative estimate of drug-likeness (QED) is 0.848. The van der Waals surface area contributed by atoms with Crippen LogP contribution in [0.1, 0.15) is 19.4 Å². The van der Waals surface area contributed by atoms with Gasteiger partial charge >= 0.3 is 0 Å². The van der Waals surface area contributed by atoms with E-state index in [1.807, 2.05) is 36.4 Å². The zero-order valence-electron chi connectivity index (χ0n) is 12.8. The molecule has 0 unspecified atom stereocenters. The van der Waals surface area contributed by atoms with Crippen molar-refractivity contribution in [1.82, 2.24) is 0 Å². The van der Waals surface area contributed by atoms with E-state index in [-0.39, 0.29) is 5.91 Å². The molecule has 0 fully saturated rings. The molecule has 2 rings (SSSR count). The molecule has 0 aromatic heterocycles. The third kappa shape index (κ3) is 5.41. The summed E-state index contributed by atoms with van der Waals surface area (Å²) in [6.45, 7) is 4.84. The van der Waals surface area contributed by atoms with Gasteiger partial charge in [0.2, 0.25) is 5.91 Å². The number of nitrogens with one attached hydrogen (secondary N) is 1. The monoisotopic (exact) mass is 317 g/mol. The number of hydrogen-bond donors (Lipinski definition) is 1. The zero-order valence-corrected chi connectivity index (χ0v) is 13.6. The maximum atomic E-state index is 12.1. The first-order valence-corrected chi connectivity index (χ1v) is 7.68. The summed E-state index contributed by atoms with van der Waals surface area (Å²) in [7, 11) is 0. The van der Waals surface area contributed by atoms with Crippen LogP contribution in [0, 0.1) is 5.92 Å². The molecular formula is C18H20ClNO2. The molecule has 22 heavy (non-hydrogen) atoms. The summed E-state index contributed by atoms with van der Waals surface area (Å²) in [6, 6.07) is 14.7. The summed E-state index contributed by atoms with van der Waals surface area (Å²) >= 11 is 5.83. The van der Waals surface area contributed by atoms with Crippen LogP contribution < -0.4 is 10.1 Å². The van der Waals surface area contributed by atoms with Gasteiger partial charge in [-0.2, -0.15) is 0 Å². The summed E-state index contributed by atoms with van der Waals surface area (Å²) < 4.78 is 5.66. The molecule has 2 aromatic carbocycles. The van der Waals surface area contributed by atoms with Gasteiger partial charge < -0.3 is 10.1 Å². The maximum absolute atomic E-state index is 12.1. The Hall–Kier alpha value is -2.00. The Balaban J connectivity index is 1.93. The summed E-state index contributed by atoms with van der Waals surface area (Å²) in [4.78, 5) is 12.1. The highest BCUT2D eigenvalue weighted by Gasteiger charge is 2.05. The lowest BCUT2D eigenvalue weighted by Crippen LogP contribution is -2.14. The van der Waals surface area contributed by atoms with Crippen molar-refractivity contribution in [2.24, 2.45) is 5.92 Å². The topological polar surface area (TPSA) is 38.3 Å². The molecule has 1 N–H and O–H groups in total. The lowest BCUT2D eigenvalue weighted by atomic mass is 10.1. The van der Waals surface area contributed by atoms with Gasteiger partial charge in [0, 0.05) is 16.8 Å². The number of carbonyl (C=O) groups excluding carboxylic acids is 1. The Morgan fingerprint density at radius 1 is 1.18 bits per heavy atom. The number of carbonyl (C=O) groups is 1. The van der Waals surface area contributed by atoms with E-state index in [1.165, 1.54) is 0 Å². The predicted molar refractivity (Wildman–Crippen MR) is 90.6 cm³/mol. The van der Waals surface area contributed by atoms with Crippen LogP contribution in [-0.4, -0.2) is 12.5 Å². The van der Waals surface area contributed by atoms with E-state index >= 15 is 0 Å². The van der Waals surface area contributed by atoms with Gasteiger partial charge in [0.25, 0.3) is 0 Å². The van der Waals surface area contributed by atoms with Gasteiger partial charge in [-0.3, -0.25) is 4.79 Å². The predicted octanol–water partition coefficient (Wildman–Crippen LogP) is 4.56. The third-order valence-electron chi connectivity index (χ3n) is 2.98. The zero-order chi connectivity index (χ0) is 15.9. The van der Waals surface area contributed by atoms with Gasteiger partial charge in [-0.25, -0.2) is 0 Å². The molecule has 0 bridgehead atoms. The van der Waals surface area contributed by atoms with Crippen LogP contribution in [0.5, 0.6) is 5.75 Å². The molecule has 0 aliphatic rings. The summed E-state index contributed by atoms with van der Waals surface area (Å²) in [5.41, 5.74) is 1.66. The van der Waals surface area contributed by atoms with E-state index in [9.17, 15) is 4.79 Å². The molecule has 0 saturated carbocycles. The van der Waals surface area contributed by atoms with Crippen molar-refractivity contribution in [2.75, 3.05) is 11.9 Å². The van der Waals surface area contributed by atoms with Crippen LogP contribution >= 0.6 is 11.6 Å². The Morgan fingerprint density at radius 3 is 2.59 bits per heavy atom. The molecule has 3 nitrogen and oxygen atoms in total. The van der Waals surface area contributed by atoms with E-state index < -0.39 is 0 Å². The molecule has 1 amide bonds. The minimum Gasteiger partial charge on any atom is -0.493 e. The molecule has 0 spiro atoms. The van der Waals surface area contributed by atoms with Crippen LogP contribution in [-0.2, 0) is 11.2 Å². The molecule has 0 radical (unpaired) electrons. The normalized spacial score (nSPS) is 10.5. The van der Waals surface area contributed by atoms with Gasteiger partial charge in [0.05, 0.1) is 13.0 Å². The molecule has 116 valence electrons. The smallest absolute Gasteiger partial charge is 0.228 e. The number of amides is 1. The van der Waals surface area contributed by atoms with E-state index in [1.54, 1.807) is 12.1 Å². The van der Waals surface area contributed by atoms with Crippen LogP contribution in [0.3, 0.4) is 0 Å². The van der Waals surface area contributed by atoms with Crippen LogP contribution in [0.15, 0.2) is 48.5 Å². The van der Waals surface area contributed by atoms with Crippen LogP contribution in [0.25, 0.3) is 0 Å². The number of anilines is 1. The van der Waals surface area contributed by atoms with Crippen molar-refractivity contribution in [2.45, 2.75) is 20.3 Å². The fourth-order valence-corrected chi connectivity index (χ4v) is 2.05. The van der Waals surface area contributed by atoms with Crippen LogP contribution in [0.4, 0.5) is 5.69 Å². The number of rotatable bonds is 6. The first-order chi connectivity index (χ1) is 10.5. The third-order valence-corrected chi connectivity index (χ3v) is 3.23. The fraction of sp³-hybridized carbons (Fsp3) is 0.278. The summed E-state index contributed by atoms with van der Waals surface area (Å²) in [6.07, 6.45) is 0.314. The molecule has 0 saturated heterocycles. The molecule has 0 heterocycles. The fourth-order valence-electron chi connectivity index (χ4n) is 1.92. The first kappa shape index (κ1) is 16.4. The molecule has 4 heteroatoms. The molecule has 0 aliphatic heterocycles. The summed E-state index contributed by atoms with van der Waals surface area (Å²) in [5.74, 6) is 1.16. The highest BCUT2D eigenvalue weighted by Crippen LogP contribution is 2.18. The Kier molecular flexibility index (Phi) is 5.84. The van der Waals surface area contributed by atoms with Gasteiger partial charge in [-0.15, -0.1) is 0 Å². The van der Waals surface area contributed by atoms with E-state index in [2.05, 4.69) is 19.2 Å². The molecular weight excluding hydrogens is 298 g/mol. The van der Waals surface area contributed by atoms with Crippen molar-refractivity contribution in [3.05, 3.63) is 59.1 Å². The van der Waals surface area contributed by atoms with Gasteiger partial charge in [-0.05, 0) is 35.7 Å². The minimum atomic E-state index is -0.0664. The van der Waals surface area contributed by atoms with Crippen LogP contribution in [0.2, 0.25) is 5.02 Å². The van der Waals surface area contributed by atoms with Crippen molar-refractivity contribution in [3.63, 3.8) is 0 Å². The highest BCUT2D eigenvalue weighted by atomic mass is 35.5. The van der Waals surface area contributed by atoms with Crippen molar-refractivity contribution in [3.8, 4) is 5.75 Å². The number of hydrogen-bond acceptors (Lipinski definition) is 2. The van der Waals surface area contributed by atoms with Crippen molar-refractivity contribution < 1.29 is 9.53 Å². The van der Waals surface area contributed by atoms with E-state index in [4.69, 9.17) is 16.3 Å².